The Balaban J connectivity index is 0.909. The molecule has 7 aliphatic rings. The molecule has 7 aliphatic carbocycles. The van der Waals surface area contributed by atoms with Gasteiger partial charge in [-0.2, -0.15) is 0 Å². The summed E-state index contributed by atoms with van der Waals surface area (Å²) in [5, 5.41) is 5.52. The van der Waals surface area contributed by atoms with Gasteiger partial charge in [0.05, 0.1) is 0 Å². The Hall–Kier alpha value is -8.32. The van der Waals surface area contributed by atoms with E-state index in [1.807, 2.05) is 0 Å². The van der Waals surface area contributed by atoms with Crippen LogP contribution in [0.2, 0.25) is 0 Å². The molecule has 360 valence electrons. The molecule has 0 amide bonds. The van der Waals surface area contributed by atoms with Crippen LogP contribution in [0.3, 0.4) is 0 Å². The van der Waals surface area contributed by atoms with Gasteiger partial charge in [-0.1, -0.05) is 206 Å². The van der Waals surface area contributed by atoms with Gasteiger partial charge in [-0.05, 0) is 230 Å². The summed E-state index contributed by atoms with van der Waals surface area (Å²) in [5.74, 6) is 1.89. The van der Waals surface area contributed by atoms with Crippen LogP contribution in [-0.4, -0.2) is 0 Å². The average Bonchev–Trinajstić information content (AvgIpc) is 4.09. The maximum Gasteiger partial charge on any atom is 0.0111 e. The first-order chi connectivity index (χ1) is 37.8. The fourth-order valence-corrected chi connectivity index (χ4v) is 16.7. The van der Waals surface area contributed by atoms with Crippen molar-refractivity contribution in [1.29, 1.82) is 0 Å². The van der Waals surface area contributed by atoms with Gasteiger partial charge in [-0.15, -0.1) is 0 Å². The fourth-order valence-electron chi connectivity index (χ4n) is 16.7. The highest BCUT2D eigenvalue weighted by atomic mass is 14.6. The zero-order chi connectivity index (χ0) is 49.6. The molecule has 0 aromatic heterocycles. The zero-order valence-electron chi connectivity index (χ0n) is 42.8. The van der Waals surface area contributed by atoms with Crippen LogP contribution in [0.1, 0.15) is 85.5 Å². The third-order valence-corrected chi connectivity index (χ3v) is 19.4. The summed E-state index contributed by atoms with van der Waals surface area (Å²) in [7, 11) is 0. The van der Waals surface area contributed by atoms with Crippen LogP contribution < -0.4 is 0 Å². The van der Waals surface area contributed by atoms with Gasteiger partial charge < -0.3 is 0 Å². The summed E-state index contributed by atoms with van der Waals surface area (Å²) in [6, 6.07) is 82.7. The molecule has 0 heterocycles. The molecule has 0 aliphatic heterocycles. The molecule has 1 saturated carbocycles. The normalized spacial score (nSPS) is 20.5. The van der Waals surface area contributed by atoms with Crippen molar-refractivity contribution in [3.63, 3.8) is 0 Å². The summed E-state index contributed by atoms with van der Waals surface area (Å²) in [5.41, 5.74) is 36.5. The van der Waals surface area contributed by atoms with E-state index in [1.165, 1.54) is 114 Å². The largest absolute Gasteiger partial charge is 0.0622 e. The number of benzene rings is 10. The molecule has 0 bridgehead atoms. The van der Waals surface area contributed by atoms with E-state index in [0.29, 0.717) is 23.7 Å². The second kappa shape index (κ2) is 16.6. The second-order valence-corrected chi connectivity index (χ2v) is 22.8. The maximum absolute atomic E-state index is 2.53. The molecule has 10 aromatic rings. The Kier molecular flexibility index (Phi) is 9.38. The van der Waals surface area contributed by atoms with E-state index in [2.05, 4.69) is 218 Å². The maximum atomic E-state index is 2.53. The van der Waals surface area contributed by atoms with Crippen molar-refractivity contribution in [2.45, 2.75) is 63.2 Å². The van der Waals surface area contributed by atoms with E-state index in [9.17, 15) is 0 Å². The minimum atomic E-state index is 0.394. The van der Waals surface area contributed by atoms with E-state index in [-0.39, 0.29) is 0 Å². The molecule has 1 fully saturated rings. The van der Waals surface area contributed by atoms with Gasteiger partial charge in [0.15, 0.2) is 0 Å². The molecule has 0 heteroatoms. The highest BCUT2D eigenvalue weighted by Crippen LogP contribution is 2.71. The molecular weight excluding hydrogens is 913 g/mol. The molecule has 4 atom stereocenters. The van der Waals surface area contributed by atoms with E-state index in [0.717, 1.165) is 25.7 Å². The van der Waals surface area contributed by atoms with Gasteiger partial charge in [-0.3, -0.25) is 0 Å². The molecule has 0 radical (unpaired) electrons. The molecule has 17 rings (SSSR count). The lowest BCUT2D eigenvalue weighted by Gasteiger charge is -2.50. The van der Waals surface area contributed by atoms with Crippen molar-refractivity contribution in [2.75, 3.05) is 0 Å². The van der Waals surface area contributed by atoms with Gasteiger partial charge in [0.2, 0.25) is 0 Å². The smallest absolute Gasteiger partial charge is 0.0111 e. The minimum absolute atomic E-state index is 0.394. The second-order valence-electron chi connectivity index (χ2n) is 22.8. The molecule has 4 unspecified atom stereocenters. The van der Waals surface area contributed by atoms with E-state index in [1.54, 1.807) is 66.8 Å². The topological polar surface area (TPSA) is 0 Å². The SMILES string of the molecule is c1ccc(-c2ccc3c(-c4ccccc4)c4c(c(-c5ccccc5)c3c2)C2=C3C5=C(CCC34)C3=C4C6=C(CC3)c3c(c(-c7ccccc7)c7ccc(-c8ccccc8)cc7c3-c3ccccc3)C6CCC4C5CC2)cc1. The Morgan fingerprint density at radius 2 is 0.579 bits per heavy atom. The standard InChI is InChI=1S/C76H56/c1-7-19-45(20-8-1)51-31-33-57-63(43-51)67(49-27-15-5-16-28-49)75-61-41-37-55-54-36-40-60-72-62(42-38-56(70(54)72)53-35-39-59(71(61)69(53)55)73(75)65(57)47-23-11-3-12-24-47)76-68(50-29-17-6-18-30-50)64-44-52(46-21-9-2-10-22-46)32-34-58(64)66(74(60)76)48-25-13-4-14-26-48/h1-34,43-44,53,56,59-60H,35-42H2. The van der Waals surface area contributed by atoms with Gasteiger partial charge >= 0.3 is 0 Å². The molecule has 0 nitrogen and oxygen atoms in total. The van der Waals surface area contributed by atoms with Gasteiger partial charge in [-0.25, -0.2) is 0 Å². The third-order valence-electron chi connectivity index (χ3n) is 19.4. The average molecular weight is 969 g/mol. The first kappa shape index (κ1) is 43.0. The van der Waals surface area contributed by atoms with Crippen molar-refractivity contribution in [1.82, 2.24) is 0 Å². The van der Waals surface area contributed by atoms with Crippen LogP contribution >= 0.6 is 0 Å². The first-order valence-electron chi connectivity index (χ1n) is 28.3. The zero-order valence-corrected chi connectivity index (χ0v) is 42.8. The van der Waals surface area contributed by atoms with Crippen LogP contribution in [-0.2, 0) is 0 Å². The highest BCUT2D eigenvalue weighted by Gasteiger charge is 2.54. The van der Waals surface area contributed by atoms with Crippen molar-refractivity contribution < 1.29 is 0 Å². The summed E-state index contributed by atoms with van der Waals surface area (Å²) in [4.78, 5) is 0. The molecule has 0 N–H and O–H groups in total. The lowest BCUT2D eigenvalue weighted by atomic mass is 9.54. The Morgan fingerprint density at radius 3 is 1.04 bits per heavy atom. The molecule has 0 saturated heterocycles. The van der Waals surface area contributed by atoms with Crippen LogP contribution in [0.25, 0.3) is 99.5 Å². The number of hydrogen-bond acceptors (Lipinski definition) is 0. The fraction of sp³-hybridized carbons (Fsp3) is 0.158. The van der Waals surface area contributed by atoms with Gasteiger partial charge in [0.25, 0.3) is 0 Å². The summed E-state index contributed by atoms with van der Waals surface area (Å²) in [6.45, 7) is 0. The first-order valence-corrected chi connectivity index (χ1v) is 28.3. The van der Waals surface area contributed by atoms with Crippen LogP contribution in [0.4, 0.5) is 0 Å². The predicted molar refractivity (Wildman–Crippen MR) is 318 cm³/mol. The number of rotatable bonds is 6. The van der Waals surface area contributed by atoms with Gasteiger partial charge in [0.1, 0.15) is 0 Å². The van der Waals surface area contributed by atoms with E-state index < -0.39 is 0 Å². The molecule has 0 spiro atoms. The van der Waals surface area contributed by atoms with Crippen molar-refractivity contribution in [3.05, 3.63) is 274 Å². The Morgan fingerprint density at radius 1 is 0.224 bits per heavy atom. The van der Waals surface area contributed by atoms with E-state index >= 15 is 0 Å². The van der Waals surface area contributed by atoms with Crippen molar-refractivity contribution in [2.24, 2.45) is 11.8 Å². The summed E-state index contributed by atoms with van der Waals surface area (Å²) >= 11 is 0. The quantitative estimate of drug-likeness (QED) is 0.156. The van der Waals surface area contributed by atoms with Crippen LogP contribution in [0, 0.1) is 11.8 Å². The number of fused-ring (bicyclic) bond motifs is 10. The third kappa shape index (κ3) is 6.02. The molecule has 10 aromatic carbocycles. The Labute approximate surface area is 446 Å². The van der Waals surface area contributed by atoms with Gasteiger partial charge in [0, 0.05) is 11.8 Å². The predicted octanol–water partition coefficient (Wildman–Crippen LogP) is 20.4. The Bertz CT molecular complexity index is 4020. The van der Waals surface area contributed by atoms with Crippen molar-refractivity contribution >= 4 is 32.7 Å². The van der Waals surface area contributed by atoms with Crippen LogP contribution in [0.5, 0.6) is 0 Å². The molecule has 76 heavy (non-hydrogen) atoms. The van der Waals surface area contributed by atoms with E-state index in [4.69, 9.17) is 0 Å². The highest BCUT2D eigenvalue weighted by molar-refractivity contribution is 6.16. The lowest BCUT2D eigenvalue weighted by Crippen LogP contribution is -2.36. The lowest BCUT2D eigenvalue weighted by molar-refractivity contribution is 0.329. The van der Waals surface area contributed by atoms with Crippen LogP contribution in [0.15, 0.2) is 252 Å². The number of hydrogen-bond donors (Lipinski definition) is 0. The summed E-state index contributed by atoms with van der Waals surface area (Å²) in [6.07, 6.45) is 9.38. The van der Waals surface area contributed by atoms with Crippen molar-refractivity contribution in [3.8, 4) is 66.8 Å². The number of allylic oxidation sites excluding steroid dienone is 8. The summed E-state index contributed by atoms with van der Waals surface area (Å²) < 4.78 is 0. The minimum Gasteiger partial charge on any atom is -0.0622 e. The monoisotopic (exact) mass is 968 g/mol. The molecular formula is C76H56.